The van der Waals surface area contributed by atoms with E-state index in [1.54, 1.807) is 24.3 Å². The second-order valence-corrected chi connectivity index (χ2v) is 5.69. The van der Waals surface area contributed by atoms with Crippen LogP contribution in [0.25, 0.3) is 0 Å². The highest BCUT2D eigenvalue weighted by molar-refractivity contribution is 5.95. The minimum atomic E-state index is -0.800. The van der Waals surface area contributed by atoms with Crippen LogP contribution >= 0.6 is 0 Å². The Balaban J connectivity index is 1.82. The molecule has 1 amide bonds. The van der Waals surface area contributed by atoms with Gasteiger partial charge in [0, 0.05) is 18.5 Å². The lowest BCUT2D eigenvalue weighted by Crippen LogP contribution is -2.25. The standard InChI is InChI=1S/C19H22N4O3/c20-23-13-22-17-3-1-2-16(12-17)19(26)21-11-10-15-6-4-14(5-7-15)8-9-18(24)25/h1-7,12-13H,8-11,20H2,(H,21,26)(H,22,23)(H,24,25). The number of aliphatic carboxylic acids is 1. The highest BCUT2D eigenvalue weighted by Crippen LogP contribution is 2.13. The van der Waals surface area contributed by atoms with Gasteiger partial charge in [0.2, 0.25) is 0 Å². The van der Waals surface area contributed by atoms with E-state index in [2.05, 4.69) is 15.7 Å². The van der Waals surface area contributed by atoms with Crippen LogP contribution in [-0.4, -0.2) is 29.9 Å². The molecule has 136 valence electrons. The van der Waals surface area contributed by atoms with Crippen LogP contribution in [0.2, 0.25) is 0 Å². The molecule has 2 aromatic rings. The molecule has 2 aromatic carbocycles. The van der Waals surface area contributed by atoms with Crippen LogP contribution in [-0.2, 0) is 17.6 Å². The molecule has 0 bridgehead atoms. The largest absolute Gasteiger partial charge is 0.481 e. The molecule has 0 spiro atoms. The van der Waals surface area contributed by atoms with Crippen molar-refractivity contribution in [3.63, 3.8) is 0 Å². The Kier molecular flexibility index (Phi) is 7.32. The van der Waals surface area contributed by atoms with Crippen molar-refractivity contribution in [1.29, 1.82) is 0 Å². The van der Waals surface area contributed by atoms with Gasteiger partial charge in [0.1, 0.15) is 6.34 Å². The zero-order chi connectivity index (χ0) is 18.8. The smallest absolute Gasteiger partial charge is 0.303 e. The summed E-state index contributed by atoms with van der Waals surface area (Å²) in [5.74, 6) is 4.16. The number of hydrogen-bond acceptors (Lipinski definition) is 4. The summed E-state index contributed by atoms with van der Waals surface area (Å²) < 4.78 is 0. The van der Waals surface area contributed by atoms with Gasteiger partial charge in [0.15, 0.2) is 0 Å². The highest BCUT2D eigenvalue weighted by Gasteiger charge is 2.06. The van der Waals surface area contributed by atoms with E-state index in [4.69, 9.17) is 10.9 Å². The fraction of sp³-hybridized carbons (Fsp3) is 0.211. The number of nitrogens with zero attached hydrogens (tertiary/aromatic N) is 1. The summed E-state index contributed by atoms with van der Waals surface area (Å²) in [7, 11) is 0. The van der Waals surface area contributed by atoms with Crippen LogP contribution < -0.4 is 16.6 Å². The summed E-state index contributed by atoms with van der Waals surface area (Å²) in [6.07, 6.45) is 2.68. The molecule has 0 saturated carbocycles. The normalized spacial score (nSPS) is 10.7. The highest BCUT2D eigenvalue weighted by atomic mass is 16.4. The number of carboxylic acid groups (broad SMARTS) is 1. The maximum absolute atomic E-state index is 12.2. The number of benzene rings is 2. The summed E-state index contributed by atoms with van der Waals surface area (Å²) >= 11 is 0. The maximum atomic E-state index is 12.2. The van der Waals surface area contributed by atoms with Gasteiger partial charge in [0.05, 0.1) is 5.69 Å². The summed E-state index contributed by atoms with van der Waals surface area (Å²) in [4.78, 5) is 26.8. The minimum Gasteiger partial charge on any atom is -0.481 e. The first-order chi connectivity index (χ1) is 12.6. The summed E-state index contributed by atoms with van der Waals surface area (Å²) in [5, 5.41) is 11.6. The van der Waals surface area contributed by atoms with Crippen molar-refractivity contribution in [2.45, 2.75) is 19.3 Å². The molecular formula is C19H22N4O3. The number of rotatable bonds is 9. The van der Waals surface area contributed by atoms with E-state index < -0.39 is 5.97 Å². The number of hydrazine groups is 1. The Morgan fingerprint density at radius 1 is 1.08 bits per heavy atom. The lowest BCUT2D eigenvalue weighted by molar-refractivity contribution is -0.136. The maximum Gasteiger partial charge on any atom is 0.303 e. The predicted octanol–water partition coefficient (Wildman–Crippen LogP) is 1.80. The molecule has 0 unspecified atom stereocenters. The monoisotopic (exact) mass is 354 g/mol. The third-order valence-electron chi connectivity index (χ3n) is 3.75. The Hall–Kier alpha value is -3.19. The van der Waals surface area contributed by atoms with Crippen LogP contribution in [0.1, 0.15) is 27.9 Å². The van der Waals surface area contributed by atoms with Crippen molar-refractivity contribution in [3.8, 4) is 0 Å². The van der Waals surface area contributed by atoms with E-state index in [1.807, 2.05) is 24.3 Å². The number of aryl methyl sites for hydroxylation is 1. The van der Waals surface area contributed by atoms with Crippen molar-refractivity contribution < 1.29 is 14.7 Å². The number of carbonyl (C=O) groups is 2. The Morgan fingerprint density at radius 2 is 1.77 bits per heavy atom. The van der Waals surface area contributed by atoms with Crippen molar-refractivity contribution in [2.24, 2.45) is 10.8 Å². The van der Waals surface area contributed by atoms with Gasteiger partial charge in [-0.15, -0.1) is 0 Å². The van der Waals surface area contributed by atoms with E-state index in [1.165, 1.54) is 6.34 Å². The van der Waals surface area contributed by atoms with E-state index >= 15 is 0 Å². The van der Waals surface area contributed by atoms with E-state index in [9.17, 15) is 9.59 Å². The van der Waals surface area contributed by atoms with Crippen LogP contribution in [0.5, 0.6) is 0 Å². The molecule has 0 aromatic heterocycles. The van der Waals surface area contributed by atoms with Crippen LogP contribution in [0.3, 0.4) is 0 Å². The zero-order valence-corrected chi connectivity index (χ0v) is 14.3. The van der Waals surface area contributed by atoms with E-state index in [-0.39, 0.29) is 12.3 Å². The van der Waals surface area contributed by atoms with E-state index in [0.717, 1.165) is 11.1 Å². The van der Waals surface area contributed by atoms with Crippen LogP contribution in [0.4, 0.5) is 5.69 Å². The van der Waals surface area contributed by atoms with E-state index in [0.29, 0.717) is 30.6 Å². The van der Waals surface area contributed by atoms with Crippen LogP contribution in [0.15, 0.2) is 53.5 Å². The quantitative estimate of drug-likeness (QED) is 0.237. The minimum absolute atomic E-state index is 0.125. The number of hydrogen-bond donors (Lipinski definition) is 4. The van der Waals surface area contributed by atoms with Crippen molar-refractivity contribution in [2.75, 3.05) is 6.54 Å². The molecule has 7 nitrogen and oxygen atoms in total. The molecule has 0 heterocycles. The van der Waals surface area contributed by atoms with Crippen LogP contribution in [0, 0.1) is 0 Å². The van der Waals surface area contributed by atoms with Gasteiger partial charge in [-0.3, -0.25) is 9.59 Å². The van der Waals surface area contributed by atoms with Crippen molar-refractivity contribution in [1.82, 2.24) is 10.7 Å². The SMILES string of the molecule is NNC=Nc1cccc(C(=O)NCCc2ccc(CCC(=O)O)cc2)c1. The molecule has 0 atom stereocenters. The molecule has 0 aliphatic heterocycles. The topological polar surface area (TPSA) is 117 Å². The number of nitrogens with one attached hydrogen (secondary N) is 2. The Bertz CT molecular complexity index is 773. The molecule has 5 N–H and O–H groups in total. The second-order valence-electron chi connectivity index (χ2n) is 5.69. The third-order valence-corrected chi connectivity index (χ3v) is 3.75. The lowest BCUT2D eigenvalue weighted by atomic mass is 10.1. The zero-order valence-electron chi connectivity index (χ0n) is 14.3. The molecule has 7 heteroatoms. The average Bonchev–Trinajstić information content (AvgIpc) is 2.65. The molecule has 0 radical (unpaired) electrons. The van der Waals surface area contributed by atoms with Crippen molar-refractivity contribution in [3.05, 3.63) is 65.2 Å². The Labute approximate surface area is 151 Å². The number of aliphatic imine (C=N–C) groups is 1. The molecule has 26 heavy (non-hydrogen) atoms. The van der Waals surface area contributed by atoms with Gasteiger partial charge in [-0.25, -0.2) is 10.8 Å². The van der Waals surface area contributed by atoms with Crippen molar-refractivity contribution >= 4 is 23.9 Å². The molecule has 0 aliphatic rings. The summed E-state index contributed by atoms with van der Waals surface area (Å²) in [5.41, 5.74) is 5.54. The first-order valence-electron chi connectivity index (χ1n) is 8.25. The first-order valence-corrected chi connectivity index (χ1v) is 8.25. The van der Waals surface area contributed by atoms with Gasteiger partial charge in [-0.2, -0.15) is 0 Å². The molecular weight excluding hydrogens is 332 g/mol. The number of amides is 1. The first kappa shape index (κ1) is 19.1. The van der Waals surface area contributed by atoms with Gasteiger partial charge in [-0.05, 0) is 42.2 Å². The number of nitrogens with two attached hydrogens (primary N) is 1. The lowest BCUT2D eigenvalue weighted by Gasteiger charge is -2.07. The molecule has 2 rings (SSSR count). The Morgan fingerprint density at radius 3 is 2.42 bits per heavy atom. The van der Waals surface area contributed by atoms with Gasteiger partial charge in [-0.1, -0.05) is 30.3 Å². The summed E-state index contributed by atoms with van der Waals surface area (Å²) in [6.45, 7) is 0.505. The molecule has 0 saturated heterocycles. The molecule has 0 fully saturated rings. The third kappa shape index (κ3) is 6.37. The number of carbonyl (C=O) groups excluding carboxylic acids is 1. The summed E-state index contributed by atoms with van der Waals surface area (Å²) in [6, 6.07) is 14.7. The van der Waals surface area contributed by atoms with Gasteiger partial charge >= 0.3 is 5.97 Å². The van der Waals surface area contributed by atoms with Gasteiger partial charge < -0.3 is 15.8 Å². The number of carboxylic acids is 1. The molecule has 0 aliphatic carbocycles. The fourth-order valence-corrected chi connectivity index (χ4v) is 2.39. The predicted molar refractivity (Wildman–Crippen MR) is 100 cm³/mol. The van der Waals surface area contributed by atoms with Gasteiger partial charge in [0.25, 0.3) is 5.91 Å². The average molecular weight is 354 g/mol. The fourth-order valence-electron chi connectivity index (χ4n) is 2.39. The second kappa shape index (κ2) is 9.95.